The molecule has 6 rings (SSSR count). The Morgan fingerprint density at radius 2 is 2.00 bits per heavy atom. The van der Waals surface area contributed by atoms with E-state index in [-0.39, 0.29) is 41.8 Å². The van der Waals surface area contributed by atoms with Crippen LogP contribution in [0.4, 0.5) is 0 Å². The van der Waals surface area contributed by atoms with Crippen LogP contribution in [0.5, 0.6) is 11.5 Å². The summed E-state index contributed by atoms with van der Waals surface area (Å²) in [4.78, 5) is 26.4. The van der Waals surface area contributed by atoms with Gasteiger partial charge in [0, 0.05) is 25.2 Å². The summed E-state index contributed by atoms with van der Waals surface area (Å²) in [6.07, 6.45) is 3.86. The van der Waals surface area contributed by atoms with Gasteiger partial charge in [-0.05, 0) is 61.1 Å². The van der Waals surface area contributed by atoms with Gasteiger partial charge < -0.3 is 33.9 Å². The molecular formula is C30H34O9. The molecule has 3 aliphatic carbocycles. The molecule has 3 fully saturated rings. The third-order valence-electron chi connectivity index (χ3n) is 9.36. The molecule has 0 radical (unpaired) electrons. The highest BCUT2D eigenvalue weighted by Gasteiger charge is 2.78. The number of carbonyl (C=O) groups excluding carboxylic acids is 2. The van der Waals surface area contributed by atoms with Crippen LogP contribution in [0, 0.1) is 17.8 Å². The van der Waals surface area contributed by atoms with Crippen molar-refractivity contribution in [3.8, 4) is 11.5 Å². The quantitative estimate of drug-likeness (QED) is 0.428. The van der Waals surface area contributed by atoms with Gasteiger partial charge in [0.15, 0.2) is 17.3 Å². The summed E-state index contributed by atoms with van der Waals surface area (Å²) in [5, 5.41) is 22.0. The lowest BCUT2D eigenvalue weighted by Gasteiger charge is -2.58. The van der Waals surface area contributed by atoms with Crippen molar-refractivity contribution in [1.29, 1.82) is 0 Å². The lowest BCUT2D eigenvalue weighted by atomic mass is 9.55. The molecule has 5 aliphatic rings. The Kier molecular flexibility index (Phi) is 5.56. The van der Waals surface area contributed by atoms with Crippen molar-refractivity contribution in [2.24, 2.45) is 17.8 Å². The number of ketones is 1. The van der Waals surface area contributed by atoms with E-state index in [1.165, 1.54) is 25.3 Å². The highest BCUT2D eigenvalue weighted by molar-refractivity contribution is 6.05. The van der Waals surface area contributed by atoms with Crippen molar-refractivity contribution in [2.75, 3.05) is 13.7 Å². The second-order valence-electron chi connectivity index (χ2n) is 11.8. The first-order valence-corrected chi connectivity index (χ1v) is 13.2. The summed E-state index contributed by atoms with van der Waals surface area (Å²) in [7, 11) is 1.39. The zero-order chi connectivity index (χ0) is 28.1. The van der Waals surface area contributed by atoms with Crippen molar-refractivity contribution >= 4 is 11.8 Å². The van der Waals surface area contributed by atoms with Crippen LogP contribution in [0.15, 0.2) is 53.6 Å². The fraction of sp³-hybridized carbons (Fsp3) is 0.533. The molecule has 0 amide bonds. The Hall–Kier alpha value is -2.98. The molecule has 8 atom stereocenters. The maximum atomic E-state index is 13.5. The predicted molar refractivity (Wildman–Crippen MR) is 138 cm³/mol. The van der Waals surface area contributed by atoms with Crippen LogP contribution >= 0.6 is 0 Å². The number of esters is 1. The highest BCUT2D eigenvalue weighted by Crippen LogP contribution is 2.67. The maximum absolute atomic E-state index is 13.5. The average molecular weight is 539 g/mol. The minimum absolute atomic E-state index is 0.0186. The molecule has 2 N–H and O–H groups in total. The van der Waals surface area contributed by atoms with E-state index in [0.29, 0.717) is 17.6 Å². The van der Waals surface area contributed by atoms with E-state index < -0.39 is 46.7 Å². The zero-order valence-corrected chi connectivity index (χ0v) is 22.8. The summed E-state index contributed by atoms with van der Waals surface area (Å²) in [6, 6.07) is 4.18. The number of fused-ring (bicyclic) bond motifs is 2. The van der Waals surface area contributed by atoms with Gasteiger partial charge in [-0.3, -0.25) is 4.79 Å². The molecule has 1 saturated carbocycles. The van der Waals surface area contributed by atoms with E-state index in [1.54, 1.807) is 13.8 Å². The molecule has 2 saturated heterocycles. The maximum Gasteiger partial charge on any atom is 0.338 e. The number of ether oxygens (including phenoxy) is 5. The summed E-state index contributed by atoms with van der Waals surface area (Å²) in [5.74, 6) is -3.50. The second kappa shape index (κ2) is 8.27. The summed E-state index contributed by atoms with van der Waals surface area (Å²) >= 11 is 0. The molecule has 1 aromatic carbocycles. The van der Waals surface area contributed by atoms with Crippen LogP contribution in [0.1, 0.15) is 50.9 Å². The zero-order valence-electron chi connectivity index (χ0n) is 22.8. The highest BCUT2D eigenvalue weighted by atomic mass is 16.9. The van der Waals surface area contributed by atoms with Crippen LogP contribution < -0.4 is 4.74 Å². The van der Waals surface area contributed by atoms with Crippen LogP contribution in [0.2, 0.25) is 0 Å². The molecule has 208 valence electrons. The number of benzene rings is 1. The number of rotatable bonds is 5. The number of hydrogen-bond donors (Lipinski definition) is 2. The first kappa shape index (κ1) is 26.3. The number of hydrogen-bond acceptors (Lipinski definition) is 9. The van der Waals surface area contributed by atoms with Crippen LogP contribution in [-0.2, 0) is 23.7 Å². The summed E-state index contributed by atoms with van der Waals surface area (Å²) in [6.45, 7) is 11.5. The molecule has 2 heterocycles. The smallest absolute Gasteiger partial charge is 0.338 e. The van der Waals surface area contributed by atoms with Gasteiger partial charge in [0.2, 0.25) is 0 Å². The number of Topliss-reactive ketones (excluding diaryl/α,β-unsaturated/α-hetero) is 1. The number of methoxy groups -OCH3 is 1. The normalized spacial score (nSPS) is 41.7. The van der Waals surface area contributed by atoms with Gasteiger partial charge in [-0.2, -0.15) is 0 Å². The molecular weight excluding hydrogens is 504 g/mol. The summed E-state index contributed by atoms with van der Waals surface area (Å²) in [5.41, 5.74) is -1.50. The van der Waals surface area contributed by atoms with E-state index in [4.69, 9.17) is 23.7 Å². The standard InChI is InChI=1S/C30H34O9/c1-15(2)29-12-17(4)30-20(25(29)37-27(5,38-29)39-30)10-18(13-28(34)23(30)9-16(3)24(28)32)14-36-26(33)19-7-8-21(31)22(11-19)35-6/h7-11,17,20,23,25,31,34H,1,12-14H2,2-6H3/t17-,20+,23-,25-,27?,28-,29-,30-/m1/s1. The van der Waals surface area contributed by atoms with E-state index >= 15 is 0 Å². The Labute approximate surface area is 227 Å². The Bertz CT molecular complexity index is 1360. The Morgan fingerprint density at radius 3 is 2.69 bits per heavy atom. The van der Waals surface area contributed by atoms with Crippen LogP contribution in [0.3, 0.4) is 0 Å². The second-order valence-corrected chi connectivity index (χ2v) is 11.8. The van der Waals surface area contributed by atoms with Crippen molar-refractivity contribution in [3.63, 3.8) is 0 Å². The van der Waals surface area contributed by atoms with Crippen LogP contribution in [0.25, 0.3) is 0 Å². The van der Waals surface area contributed by atoms with Gasteiger partial charge in [-0.25, -0.2) is 4.79 Å². The number of carbonyl (C=O) groups is 2. The van der Waals surface area contributed by atoms with E-state index in [9.17, 15) is 19.8 Å². The minimum Gasteiger partial charge on any atom is -0.504 e. The molecule has 1 unspecified atom stereocenters. The van der Waals surface area contributed by atoms with Gasteiger partial charge in [-0.1, -0.05) is 25.7 Å². The van der Waals surface area contributed by atoms with Crippen molar-refractivity contribution < 1.29 is 43.5 Å². The third-order valence-corrected chi connectivity index (χ3v) is 9.36. The Balaban J connectivity index is 1.41. The van der Waals surface area contributed by atoms with Gasteiger partial charge >= 0.3 is 5.97 Å². The average Bonchev–Trinajstić information content (AvgIpc) is 3.17. The molecule has 9 nitrogen and oxygen atoms in total. The van der Waals surface area contributed by atoms with Gasteiger partial charge in [0.1, 0.15) is 23.9 Å². The lowest BCUT2D eigenvalue weighted by Crippen LogP contribution is -2.70. The topological polar surface area (TPSA) is 121 Å². The van der Waals surface area contributed by atoms with Crippen molar-refractivity contribution in [2.45, 2.75) is 69.4 Å². The molecule has 3 bridgehead atoms. The van der Waals surface area contributed by atoms with Gasteiger partial charge in [0.05, 0.1) is 18.3 Å². The van der Waals surface area contributed by atoms with Gasteiger partial charge in [0.25, 0.3) is 5.97 Å². The molecule has 1 aromatic rings. The first-order valence-electron chi connectivity index (χ1n) is 13.2. The molecule has 9 heteroatoms. The van der Waals surface area contributed by atoms with E-state index in [0.717, 1.165) is 5.57 Å². The first-order chi connectivity index (χ1) is 18.3. The third kappa shape index (κ3) is 3.40. The minimum atomic E-state index is -1.77. The molecule has 2 aliphatic heterocycles. The molecule has 0 spiro atoms. The number of aromatic hydroxyl groups is 1. The largest absolute Gasteiger partial charge is 0.504 e. The van der Waals surface area contributed by atoms with E-state index in [1.807, 2.05) is 19.1 Å². The fourth-order valence-electron chi connectivity index (χ4n) is 7.72. The van der Waals surface area contributed by atoms with Crippen molar-refractivity contribution in [1.82, 2.24) is 0 Å². The molecule has 0 aromatic heterocycles. The monoisotopic (exact) mass is 538 g/mol. The predicted octanol–water partition coefficient (Wildman–Crippen LogP) is 3.59. The molecule has 39 heavy (non-hydrogen) atoms. The summed E-state index contributed by atoms with van der Waals surface area (Å²) < 4.78 is 30.4. The fourth-order valence-corrected chi connectivity index (χ4v) is 7.72. The number of phenolic OH excluding ortho intramolecular Hbond substituents is 1. The van der Waals surface area contributed by atoms with Crippen LogP contribution in [-0.4, -0.2) is 64.6 Å². The number of phenols is 1. The van der Waals surface area contributed by atoms with Crippen molar-refractivity contribution in [3.05, 3.63) is 59.2 Å². The number of aliphatic hydroxyl groups is 1. The SMILES string of the molecule is C=C(C)[C@]12C[C@@H](C)[C@@]34OC(C)(O[C@@H]1[C@@H]3C=C(COC(=O)c1ccc(O)c(OC)c1)C[C@]1(O)C(=O)C(C)=C[C@@H]41)O2. The lowest BCUT2D eigenvalue weighted by molar-refractivity contribution is -0.413. The Morgan fingerprint density at radius 1 is 1.26 bits per heavy atom. The van der Waals surface area contributed by atoms with Gasteiger partial charge in [-0.15, -0.1) is 0 Å². The van der Waals surface area contributed by atoms with E-state index in [2.05, 4.69) is 13.5 Å².